The summed E-state index contributed by atoms with van der Waals surface area (Å²) in [6, 6.07) is 11.1. The van der Waals surface area contributed by atoms with Gasteiger partial charge in [-0.05, 0) is 18.2 Å². The van der Waals surface area contributed by atoms with Crippen LogP contribution >= 0.6 is 0 Å². The Hall–Kier alpha value is -1.02. The lowest BCUT2D eigenvalue weighted by Gasteiger charge is -2.28. The summed E-state index contributed by atoms with van der Waals surface area (Å²) < 4.78 is 5.27. The molecule has 0 atom stereocenters. The van der Waals surface area contributed by atoms with Crippen molar-refractivity contribution in [1.29, 1.82) is 0 Å². The van der Waals surface area contributed by atoms with Gasteiger partial charge in [0.25, 0.3) is 0 Å². The van der Waals surface area contributed by atoms with E-state index in [9.17, 15) is 0 Å². The van der Waals surface area contributed by atoms with Crippen LogP contribution in [0.4, 0.5) is 5.69 Å². The van der Waals surface area contributed by atoms with Crippen molar-refractivity contribution in [2.75, 3.05) is 31.2 Å². The zero-order chi connectivity index (χ0) is 8.23. The fourth-order valence-electron chi connectivity index (χ4n) is 1.40. The SMILES string of the molecule is [c]1cccc(N2CCOCC2)c1. The van der Waals surface area contributed by atoms with Gasteiger partial charge in [-0.3, -0.25) is 0 Å². The fraction of sp³-hybridized carbons (Fsp3) is 0.400. The average Bonchev–Trinajstić information content (AvgIpc) is 2.21. The highest BCUT2D eigenvalue weighted by Crippen LogP contribution is 2.13. The van der Waals surface area contributed by atoms with Gasteiger partial charge >= 0.3 is 0 Å². The molecule has 0 N–H and O–H groups in total. The van der Waals surface area contributed by atoms with E-state index in [-0.39, 0.29) is 0 Å². The molecule has 1 aromatic rings. The first-order valence-electron chi connectivity index (χ1n) is 4.25. The third-order valence-corrected chi connectivity index (χ3v) is 2.07. The molecule has 0 saturated carbocycles. The van der Waals surface area contributed by atoms with Gasteiger partial charge in [-0.2, -0.15) is 0 Å². The second-order valence-electron chi connectivity index (χ2n) is 2.86. The van der Waals surface area contributed by atoms with Crippen molar-refractivity contribution in [3.05, 3.63) is 30.3 Å². The minimum Gasteiger partial charge on any atom is -0.378 e. The molecule has 0 amide bonds. The lowest BCUT2D eigenvalue weighted by Crippen LogP contribution is -2.36. The molecular weight excluding hydrogens is 150 g/mol. The summed E-state index contributed by atoms with van der Waals surface area (Å²) >= 11 is 0. The number of hydrogen-bond acceptors (Lipinski definition) is 2. The van der Waals surface area contributed by atoms with E-state index in [0.29, 0.717) is 0 Å². The molecule has 2 heteroatoms. The van der Waals surface area contributed by atoms with Crippen molar-refractivity contribution >= 4 is 5.69 Å². The maximum Gasteiger partial charge on any atom is 0.0642 e. The van der Waals surface area contributed by atoms with E-state index in [0.717, 1.165) is 26.3 Å². The Bertz CT molecular complexity index is 229. The van der Waals surface area contributed by atoms with Crippen molar-refractivity contribution in [1.82, 2.24) is 0 Å². The minimum atomic E-state index is 0.842. The molecule has 1 aliphatic heterocycles. The van der Waals surface area contributed by atoms with Crippen molar-refractivity contribution in [3.63, 3.8) is 0 Å². The van der Waals surface area contributed by atoms with E-state index in [1.165, 1.54) is 5.69 Å². The Morgan fingerprint density at radius 3 is 2.83 bits per heavy atom. The zero-order valence-corrected chi connectivity index (χ0v) is 6.99. The minimum absolute atomic E-state index is 0.842. The summed E-state index contributed by atoms with van der Waals surface area (Å²) in [6.07, 6.45) is 0. The molecule has 2 nitrogen and oxygen atoms in total. The molecule has 2 rings (SSSR count). The molecule has 1 aliphatic rings. The smallest absolute Gasteiger partial charge is 0.0642 e. The summed E-state index contributed by atoms with van der Waals surface area (Å²) in [5.74, 6) is 0. The Morgan fingerprint density at radius 1 is 1.33 bits per heavy atom. The number of morpholine rings is 1. The first-order chi connectivity index (χ1) is 5.97. The number of ether oxygens (including phenoxy) is 1. The Labute approximate surface area is 72.8 Å². The molecule has 1 radical (unpaired) electrons. The Morgan fingerprint density at radius 2 is 2.17 bits per heavy atom. The lowest BCUT2D eigenvalue weighted by atomic mass is 10.3. The Kier molecular flexibility index (Phi) is 2.28. The van der Waals surface area contributed by atoms with Crippen LogP contribution in [0.5, 0.6) is 0 Å². The van der Waals surface area contributed by atoms with Crippen molar-refractivity contribution in [2.24, 2.45) is 0 Å². The topological polar surface area (TPSA) is 12.5 Å². The maximum atomic E-state index is 5.27. The highest BCUT2D eigenvalue weighted by Gasteiger charge is 2.09. The summed E-state index contributed by atoms with van der Waals surface area (Å²) in [4.78, 5) is 2.32. The predicted octanol–water partition coefficient (Wildman–Crippen LogP) is 1.32. The molecule has 0 bridgehead atoms. The maximum absolute atomic E-state index is 5.27. The zero-order valence-electron chi connectivity index (χ0n) is 6.99. The lowest BCUT2D eigenvalue weighted by molar-refractivity contribution is 0.122. The van der Waals surface area contributed by atoms with Crippen LogP contribution in [-0.2, 0) is 4.74 Å². The van der Waals surface area contributed by atoms with Gasteiger partial charge in [0, 0.05) is 18.8 Å². The van der Waals surface area contributed by atoms with E-state index >= 15 is 0 Å². The van der Waals surface area contributed by atoms with Crippen LogP contribution in [0.2, 0.25) is 0 Å². The average molecular weight is 162 g/mol. The van der Waals surface area contributed by atoms with Crippen LogP contribution in [0.15, 0.2) is 24.3 Å². The van der Waals surface area contributed by atoms with Crippen LogP contribution in [-0.4, -0.2) is 26.3 Å². The number of hydrogen-bond donors (Lipinski definition) is 0. The van der Waals surface area contributed by atoms with E-state index in [2.05, 4.69) is 17.0 Å². The standard InChI is InChI=1S/C10H12NO/c1-2-4-10(5-3-1)11-6-8-12-9-7-11/h1-2,4-5H,6-9H2. The van der Waals surface area contributed by atoms with Gasteiger partial charge in [-0.1, -0.05) is 12.1 Å². The van der Waals surface area contributed by atoms with Crippen molar-refractivity contribution < 1.29 is 4.74 Å². The van der Waals surface area contributed by atoms with Crippen LogP contribution in [0, 0.1) is 6.07 Å². The Balaban J connectivity index is 2.08. The predicted molar refractivity (Wildman–Crippen MR) is 48.3 cm³/mol. The highest BCUT2D eigenvalue weighted by molar-refractivity contribution is 5.45. The van der Waals surface area contributed by atoms with Crippen molar-refractivity contribution in [3.8, 4) is 0 Å². The second kappa shape index (κ2) is 3.59. The third kappa shape index (κ3) is 1.59. The number of nitrogens with zero attached hydrogens (tertiary/aromatic N) is 1. The monoisotopic (exact) mass is 162 g/mol. The molecule has 1 aromatic carbocycles. The first-order valence-corrected chi connectivity index (χ1v) is 4.25. The number of anilines is 1. The summed E-state index contributed by atoms with van der Waals surface area (Å²) in [6.45, 7) is 3.68. The van der Waals surface area contributed by atoms with E-state index in [1.807, 2.05) is 18.2 Å². The first kappa shape index (κ1) is 7.62. The molecule has 0 aliphatic carbocycles. The quantitative estimate of drug-likeness (QED) is 0.617. The number of rotatable bonds is 1. The summed E-state index contributed by atoms with van der Waals surface area (Å²) in [5, 5.41) is 0. The molecule has 12 heavy (non-hydrogen) atoms. The molecule has 0 aromatic heterocycles. The van der Waals surface area contributed by atoms with Crippen molar-refractivity contribution in [2.45, 2.75) is 0 Å². The van der Waals surface area contributed by atoms with Gasteiger partial charge in [0.2, 0.25) is 0 Å². The molecule has 1 fully saturated rings. The molecule has 1 saturated heterocycles. The van der Waals surface area contributed by atoms with Crippen LogP contribution in [0.25, 0.3) is 0 Å². The molecule has 1 heterocycles. The van der Waals surface area contributed by atoms with E-state index < -0.39 is 0 Å². The van der Waals surface area contributed by atoms with Crippen LogP contribution in [0.3, 0.4) is 0 Å². The molecular formula is C10H12NO. The van der Waals surface area contributed by atoms with Gasteiger partial charge in [0.15, 0.2) is 0 Å². The second-order valence-corrected chi connectivity index (χ2v) is 2.86. The van der Waals surface area contributed by atoms with Gasteiger partial charge in [0.1, 0.15) is 0 Å². The third-order valence-electron chi connectivity index (χ3n) is 2.07. The molecule has 0 spiro atoms. The normalized spacial score (nSPS) is 17.8. The fourth-order valence-corrected chi connectivity index (χ4v) is 1.40. The van der Waals surface area contributed by atoms with Crippen LogP contribution in [0.1, 0.15) is 0 Å². The van der Waals surface area contributed by atoms with Gasteiger partial charge < -0.3 is 9.64 Å². The van der Waals surface area contributed by atoms with Gasteiger partial charge in [-0.15, -0.1) is 0 Å². The van der Waals surface area contributed by atoms with Gasteiger partial charge in [0.05, 0.1) is 13.2 Å². The summed E-state index contributed by atoms with van der Waals surface area (Å²) in [5.41, 5.74) is 1.25. The van der Waals surface area contributed by atoms with E-state index in [4.69, 9.17) is 4.74 Å². The van der Waals surface area contributed by atoms with Crippen LogP contribution < -0.4 is 4.90 Å². The highest BCUT2D eigenvalue weighted by atomic mass is 16.5. The molecule has 63 valence electrons. The largest absolute Gasteiger partial charge is 0.378 e. The van der Waals surface area contributed by atoms with E-state index in [1.54, 1.807) is 0 Å². The molecule has 0 unspecified atom stereocenters. The number of benzene rings is 1. The van der Waals surface area contributed by atoms with Gasteiger partial charge in [-0.25, -0.2) is 0 Å². The summed E-state index contributed by atoms with van der Waals surface area (Å²) in [7, 11) is 0.